The number of rotatable bonds is 3. The van der Waals surface area contributed by atoms with Crippen LogP contribution < -0.4 is 4.90 Å². The van der Waals surface area contributed by atoms with E-state index < -0.39 is 0 Å². The number of hydrogen-bond donors (Lipinski definition) is 0. The van der Waals surface area contributed by atoms with Crippen LogP contribution in [0.2, 0.25) is 0 Å². The molecule has 1 aliphatic heterocycles. The van der Waals surface area contributed by atoms with E-state index in [0.717, 1.165) is 16.9 Å². The zero-order chi connectivity index (χ0) is 23.1. The molecule has 0 aliphatic carbocycles. The first-order valence-electron chi connectivity index (χ1n) is 11.8. The summed E-state index contributed by atoms with van der Waals surface area (Å²) < 4.78 is 0. The van der Waals surface area contributed by atoms with Crippen molar-refractivity contribution in [2.75, 3.05) is 4.90 Å². The molecule has 2 heteroatoms. The molecule has 0 spiro atoms. The van der Waals surface area contributed by atoms with Crippen LogP contribution in [0.25, 0.3) is 22.4 Å². The number of aromatic nitrogens is 1. The van der Waals surface area contributed by atoms with Crippen molar-refractivity contribution in [3.63, 3.8) is 0 Å². The van der Waals surface area contributed by atoms with E-state index >= 15 is 0 Å². The molecule has 0 saturated heterocycles. The molecule has 1 aromatic heterocycles. The molecule has 4 aromatic carbocycles. The van der Waals surface area contributed by atoms with Crippen molar-refractivity contribution in [2.24, 2.45) is 0 Å². The van der Waals surface area contributed by atoms with Crippen LogP contribution in [0.3, 0.4) is 0 Å². The standard InChI is InChI=1S/C32H26N2/c1-32(2)26-17-9-11-19-28(26)34(29-20-12-10-18-27(29)32)31-25(23-13-5-3-6-14-23)21-22-33-30(31)24-15-7-4-8-16-24/h3-22H,1-2H3. The molecule has 0 bridgehead atoms. The molecular formula is C32H26N2. The van der Waals surface area contributed by atoms with Gasteiger partial charge >= 0.3 is 0 Å². The average molecular weight is 439 g/mol. The van der Waals surface area contributed by atoms with Crippen molar-refractivity contribution in [3.8, 4) is 22.4 Å². The number of benzene rings is 4. The maximum atomic E-state index is 4.95. The summed E-state index contributed by atoms with van der Waals surface area (Å²) in [5, 5.41) is 0. The molecular weight excluding hydrogens is 412 g/mol. The molecule has 0 N–H and O–H groups in total. The van der Waals surface area contributed by atoms with E-state index in [9.17, 15) is 0 Å². The Hall–Kier alpha value is -4.17. The number of hydrogen-bond acceptors (Lipinski definition) is 2. The lowest BCUT2D eigenvalue weighted by atomic mass is 9.73. The van der Waals surface area contributed by atoms with Crippen molar-refractivity contribution in [1.29, 1.82) is 0 Å². The third-order valence-corrected chi connectivity index (χ3v) is 6.92. The van der Waals surface area contributed by atoms with Gasteiger partial charge in [-0.1, -0.05) is 111 Å². The molecule has 5 aromatic rings. The van der Waals surface area contributed by atoms with Gasteiger partial charge in [0.2, 0.25) is 0 Å². The fraction of sp³-hybridized carbons (Fsp3) is 0.0938. The van der Waals surface area contributed by atoms with Crippen LogP contribution in [0.1, 0.15) is 25.0 Å². The van der Waals surface area contributed by atoms with Crippen LogP contribution >= 0.6 is 0 Å². The normalized spacial score (nSPS) is 13.8. The van der Waals surface area contributed by atoms with Crippen molar-refractivity contribution in [3.05, 3.63) is 133 Å². The highest BCUT2D eigenvalue weighted by atomic mass is 15.2. The first-order chi connectivity index (χ1) is 16.7. The van der Waals surface area contributed by atoms with Gasteiger partial charge in [-0.3, -0.25) is 4.98 Å². The van der Waals surface area contributed by atoms with Gasteiger partial charge in [0.1, 0.15) is 0 Å². The van der Waals surface area contributed by atoms with Gasteiger partial charge in [0.15, 0.2) is 0 Å². The number of fused-ring (bicyclic) bond motifs is 2. The van der Waals surface area contributed by atoms with Crippen LogP contribution in [-0.2, 0) is 5.41 Å². The lowest BCUT2D eigenvalue weighted by molar-refractivity contribution is 0.632. The molecule has 0 amide bonds. The van der Waals surface area contributed by atoms with Gasteiger partial charge in [-0.15, -0.1) is 0 Å². The van der Waals surface area contributed by atoms with Gasteiger partial charge < -0.3 is 4.90 Å². The fourth-order valence-electron chi connectivity index (χ4n) is 5.25. The summed E-state index contributed by atoms with van der Waals surface area (Å²) in [4.78, 5) is 7.38. The SMILES string of the molecule is CC1(C)c2ccccc2N(c2c(-c3ccccc3)ccnc2-c2ccccc2)c2ccccc21. The minimum Gasteiger partial charge on any atom is -0.307 e. The lowest BCUT2D eigenvalue weighted by Crippen LogP contribution is -2.31. The van der Waals surface area contributed by atoms with Crippen molar-refractivity contribution < 1.29 is 0 Å². The highest BCUT2D eigenvalue weighted by molar-refractivity contribution is 5.98. The highest BCUT2D eigenvalue weighted by Gasteiger charge is 2.38. The van der Waals surface area contributed by atoms with Gasteiger partial charge in [0.05, 0.1) is 22.8 Å². The predicted octanol–water partition coefficient (Wildman–Crippen LogP) is 8.52. The highest BCUT2D eigenvalue weighted by Crippen LogP contribution is 2.54. The second-order valence-electron chi connectivity index (χ2n) is 9.28. The first kappa shape index (κ1) is 20.4. The maximum Gasteiger partial charge on any atom is 0.0948 e. The molecule has 164 valence electrons. The smallest absolute Gasteiger partial charge is 0.0948 e. The number of nitrogens with zero attached hydrogens (tertiary/aromatic N) is 2. The predicted molar refractivity (Wildman–Crippen MR) is 142 cm³/mol. The van der Waals surface area contributed by atoms with Gasteiger partial charge in [-0.2, -0.15) is 0 Å². The zero-order valence-electron chi connectivity index (χ0n) is 19.4. The quantitative estimate of drug-likeness (QED) is 0.281. The minimum atomic E-state index is -0.105. The maximum absolute atomic E-state index is 4.95. The molecule has 6 rings (SSSR count). The van der Waals surface area contributed by atoms with Crippen molar-refractivity contribution >= 4 is 17.1 Å². The third-order valence-electron chi connectivity index (χ3n) is 6.92. The van der Waals surface area contributed by atoms with E-state index in [1.165, 1.54) is 33.6 Å². The van der Waals surface area contributed by atoms with E-state index in [1.54, 1.807) is 0 Å². The summed E-state index contributed by atoms with van der Waals surface area (Å²) in [6.07, 6.45) is 1.93. The minimum absolute atomic E-state index is 0.105. The Balaban J connectivity index is 1.73. The van der Waals surface area contributed by atoms with E-state index in [-0.39, 0.29) is 5.41 Å². The van der Waals surface area contributed by atoms with Gasteiger partial charge in [-0.05, 0) is 34.9 Å². The largest absolute Gasteiger partial charge is 0.307 e. The van der Waals surface area contributed by atoms with Crippen LogP contribution in [0.5, 0.6) is 0 Å². The number of pyridine rings is 1. The molecule has 0 saturated carbocycles. The number of para-hydroxylation sites is 2. The van der Waals surface area contributed by atoms with Crippen LogP contribution in [0.15, 0.2) is 121 Å². The summed E-state index contributed by atoms with van der Waals surface area (Å²) in [7, 11) is 0. The summed E-state index contributed by atoms with van der Waals surface area (Å²) in [5.41, 5.74) is 10.5. The summed E-state index contributed by atoms with van der Waals surface area (Å²) in [6, 6.07) is 40.8. The second kappa shape index (κ2) is 8.00. The fourth-order valence-corrected chi connectivity index (χ4v) is 5.25. The average Bonchev–Trinajstić information content (AvgIpc) is 2.90. The van der Waals surface area contributed by atoms with Crippen molar-refractivity contribution in [1.82, 2.24) is 4.98 Å². The second-order valence-corrected chi connectivity index (χ2v) is 9.28. The molecule has 0 atom stereocenters. The Morgan fingerprint density at radius 3 is 1.65 bits per heavy atom. The van der Waals surface area contributed by atoms with Gasteiger partial charge in [-0.25, -0.2) is 0 Å². The van der Waals surface area contributed by atoms with Crippen LogP contribution in [-0.4, -0.2) is 4.98 Å². The van der Waals surface area contributed by atoms with Crippen LogP contribution in [0.4, 0.5) is 17.1 Å². The monoisotopic (exact) mass is 438 g/mol. The number of anilines is 3. The lowest BCUT2D eigenvalue weighted by Gasteiger charge is -2.43. The Morgan fingerprint density at radius 2 is 1.06 bits per heavy atom. The van der Waals surface area contributed by atoms with Crippen LogP contribution in [0, 0.1) is 0 Å². The summed E-state index contributed by atoms with van der Waals surface area (Å²) in [6.45, 7) is 4.64. The molecule has 0 fully saturated rings. The Kier molecular flexibility index (Phi) is 4.81. The summed E-state index contributed by atoms with van der Waals surface area (Å²) in [5.74, 6) is 0. The van der Waals surface area contributed by atoms with Crippen molar-refractivity contribution in [2.45, 2.75) is 19.3 Å². The van der Waals surface area contributed by atoms with E-state index in [4.69, 9.17) is 4.98 Å². The van der Waals surface area contributed by atoms with E-state index in [2.05, 4.69) is 134 Å². The zero-order valence-corrected chi connectivity index (χ0v) is 19.4. The van der Waals surface area contributed by atoms with Gasteiger partial charge in [0.25, 0.3) is 0 Å². The Morgan fingerprint density at radius 1 is 0.559 bits per heavy atom. The molecule has 2 heterocycles. The van der Waals surface area contributed by atoms with E-state index in [0.29, 0.717) is 0 Å². The topological polar surface area (TPSA) is 16.1 Å². The van der Waals surface area contributed by atoms with Gasteiger partial charge in [0, 0.05) is 22.7 Å². The molecule has 0 unspecified atom stereocenters. The third kappa shape index (κ3) is 3.14. The first-order valence-corrected chi connectivity index (χ1v) is 11.8. The molecule has 0 radical (unpaired) electrons. The van der Waals surface area contributed by atoms with E-state index in [1.807, 2.05) is 6.20 Å². The molecule has 1 aliphatic rings. The Bertz CT molecular complexity index is 1360. The summed E-state index contributed by atoms with van der Waals surface area (Å²) >= 11 is 0. The molecule has 2 nitrogen and oxygen atoms in total. The Labute approximate surface area is 201 Å². The molecule has 34 heavy (non-hydrogen) atoms.